The molecule has 1 saturated heterocycles. The first-order chi connectivity index (χ1) is 14.2. The van der Waals surface area contributed by atoms with Crippen LogP contribution in [0.25, 0.3) is 0 Å². The van der Waals surface area contributed by atoms with Gasteiger partial charge in [0.05, 0.1) is 13.2 Å². The second-order valence-corrected chi connectivity index (χ2v) is 7.42. The Morgan fingerprint density at radius 3 is 2.45 bits per heavy atom. The number of aliphatic imine (C=N–C) groups is 1. The quantitative estimate of drug-likeness (QED) is 0.437. The Balaban J connectivity index is 1.89. The third-order valence-corrected chi connectivity index (χ3v) is 5.09. The van der Waals surface area contributed by atoms with Crippen LogP contribution in [0.1, 0.15) is 52.5 Å². The number of guanidine groups is 1. The first-order valence-corrected chi connectivity index (χ1v) is 11.4. The molecule has 6 nitrogen and oxygen atoms in total. The van der Waals surface area contributed by atoms with Crippen LogP contribution in [0.5, 0.6) is 11.5 Å². The zero-order chi connectivity index (χ0) is 20.9. The van der Waals surface area contributed by atoms with Crippen molar-refractivity contribution >= 4 is 5.96 Å². The molecule has 6 heteroatoms. The molecule has 2 N–H and O–H groups in total. The zero-order valence-corrected chi connectivity index (χ0v) is 18.8. The number of nitrogens with one attached hydrogen (secondary N) is 2. The van der Waals surface area contributed by atoms with E-state index in [-0.39, 0.29) is 0 Å². The van der Waals surface area contributed by atoms with Gasteiger partial charge in [0.25, 0.3) is 0 Å². The van der Waals surface area contributed by atoms with Crippen molar-refractivity contribution in [3.63, 3.8) is 0 Å². The number of hydrogen-bond acceptors (Lipinski definition) is 4. The molecule has 164 valence electrons. The van der Waals surface area contributed by atoms with Crippen LogP contribution >= 0.6 is 0 Å². The molecular weight excluding hydrogens is 364 g/mol. The van der Waals surface area contributed by atoms with E-state index in [1.165, 1.54) is 44.5 Å². The summed E-state index contributed by atoms with van der Waals surface area (Å²) in [6.45, 7) is 14.8. The molecule has 1 heterocycles. The second kappa shape index (κ2) is 13.3. The Bertz CT molecular complexity index is 613. The number of benzene rings is 1. The highest BCUT2D eigenvalue weighted by molar-refractivity contribution is 5.80. The average molecular weight is 405 g/mol. The van der Waals surface area contributed by atoms with Crippen LogP contribution in [-0.4, -0.2) is 62.8 Å². The van der Waals surface area contributed by atoms with Crippen LogP contribution in [0.3, 0.4) is 0 Å². The molecule has 0 atom stereocenters. The minimum absolute atomic E-state index is 0.510. The number of nitrogens with zero attached hydrogens (tertiary/aromatic N) is 2. The summed E-state index contributed by atoms with van der Waals surface area (Å²) in [4.78, 5) is 7.36. The van der Waals surface area contributed by atoms with Crippen LogP contribution in [0.15, 0.2) is 23.2 Å². The van der Waals surface area contributed by atoms with E-state index in [1.807, 2.05) is 19.9 Å². The van der Waals surface area contributed by atoms with Crippen LogP contribution in [0.4, 0.5) is 0 Å². The highest BCUT2D eigenvalue weighted by atomic mass is 16.5. The normalized spacial score (nSPS) is 15.9. The third kappa shape index (κ3) is 8.13. The van der Waals surface area contributed by atoms with Gasteiger partial charge in [0, 0.05) is 32.2 Å². The van der Waals surface area contributed by atoms with E-state index in [1.54, 1.807) is 0 Å². The molecule has 0 unspecified atom stereocenters. The monoisotopic (exact) mass is 404 g/mol. The van der Waals surface area contributed by atoms with Gasteiger partial charge in [-0.15, -0.1) is 0 Å². The van der Waals surface area contributed by atoms with Gasteiger partial charge in [-0.2, -0.15) is 0 Å². The summed E-state index contributed by atoms with van der Waals surface area (Å²) in [6.07, 6.45) is 4.47. The number of likely N-dealkylation sites (tertiary alicyclic amines) is 1. The molecule has 1 aromatic rings. The maximum Gasteiger partial charge on any atom is 0.191 e. The van der Waals surface area contributed by atoms with E-state index in [4.69, 9.17) is 14.5 Å². The molecule has 0 amide bonds. The van der Waals surface area contributed by atoms with Crippen molar-refractivity contribution < 1.29 is 9.47 Å². The van der Waals surface area contributed by atoms with Crippen molar-refractivity contribution in [2.75, 3.05) is 45.9 Å². The number of ether oxygens (including phenoxy) is 2. The molecule has 1 aliphatic heterocycles. The average Bonchev–Trinajstić information content (AvgIpc) is 2.72. The molecule has 0 aromatic heterocycles. The van der Waals surface area contributed by atoms with Crippen molar-refractivity contribution in [2.24, 2.45) is 4.99 Å². The Morgan fingerprint density at radius 1 is 1.07 bits per heavy atom. The van der Waals surface area contributed by atoms with Gasteiger partial charge in [-0.1, -0.05) is 13.0 Å². The molecule has 0 aliphatic carbocycles. The lowest BCUT2D eigenvalue weighted by Crippen LogP contribution is -2.48. The van der Waals surface area contributed by atoms with E-state index in [2.05, 4.69) is 41.5 Å². The summed E-state index contributed by atoms with van der Waals surface area (Å²) in [7, 11) is 0. The van der Waals surface area contributed by atoms with E-state index in [0.717, 1.165) is 37.0 Å². The molecule has 0 bridgehead atoms. The first kappa shape index (κ1) is 23.3. The topological polar surface area (TPSA) is 58.1 Å². The van der Waals surface area contributed by atoms with Gasteiger partial charge in [0.15, 0.2) is 17.5 Å². The summed E-state index contributed by atoms with van der Waals surface area (Å²) < 4.78 is 11.4. The largest absolute Gasteiger partial charge is 0.490 e. The van der Waals surface area contributed by atoms with Crippen LogP contribution < -0.4 is 20.1 Å². The van der Waals surface area contributed by atoms with Crippen molar-refractivity contribution in [1.29, 1.82) is 0 Å². The van der Waals surface area contributed by atoms with Gasteiger partial charge in [0.2, 0.25) is 0 Å². The van der Waals surface area contributed by atoms with Crippen LogP contribution in [-0.2, 0) is 6.42 Å². The molecule has 0 radical (unpaired) electrons. The number of hydrogen-bond donors (Lipinski definition) is 2. The maximum absolute atomic E-state index is 5.73. The van der Waals surface area contributed by atoms with Crippen LogP contribution in [0.2, 0.25) is 0 Å². The van der Waals surface area contributed by atoms with Gasteiger partial charge in [-0.3, -0.25) is 4.99 Å². The highest BCUT2D eigenvalue weighted by Gasteiger charge is 2.19. The first-order valence-electron chi connectivity index (χ1n) is 11.4. The lowest BCUT2D eigenvalue weighted by molar-refractivity contribution is 0.206. The van der Waals surface area contributed by atoms with Crippen LogP contribution in [0, 0.1) is 0 Å². The van der Waals surface area contributed by atoms with E-state index >= 15 is 0 Å². The summed E-state index contributed by atoms with van der Waals surface area (Å²) in [5.41, 5.74) is 1.21. The second-order valence-electron chi connectivity index (χ2n) is 7.42. The third-order valence-electron chi connectivity index (χ3n) is 5.09. The van der Waals surface area contributed by atoms with Crippen molar-refractivity contribution in [3.8, 4) is 11.5 Å². The predicted molar refractivity (Wildman–Crippen MR) is 121 cm³/mol. The van der Waals surface area contributed by atoms with Crippen molar-refractivity contribution in [1.82, 2.24) is 15.5 Å². The fourth-order valence-electron chi connectivity index (χ4n) is 3.68. The van der Waals surface area contributed by atoms with Crippen molar-refractivity contribution in [3.05, 3.63) is 23.8 Å². The number of piperidine rings is 1. The fraction of sp³-hybridized carbons (Fsp3) is 0.696. The molecule has 1 aliphatic rings. The molecular formula is C23H40N4O2. The molecule has 2 rings (SSSR count). The molecule has 0 saturated carbocycles. The SMILES string of the molecule is CCCN1CCC(NC(=NCCc2ccc(OCC)c(OCC)c2)NCC)CC1. The molecule has 29 heavy (non-hydrogen) atoms. The predicted octanol–water partition coefficient (Wildman–Crippen LogP) is 3.46. The zero-order valence-electron chi connectivity index (χ0n) is 18.8. The lowest BCUT2D eigenvalue weighted by Gasteiger charge is -2.32. The Kier molecular flexibility index (Phi) is 10.7. The summed E-state index contributed by atoms with van der Waals surface area (Å²) in [5.74, 6) is 2.56. The summed E-state index contributed by atoms with van der Waals surface area (Å²) in [5, 5.41) is 7.02. The maximum atomic E-state index is 5.73. The smallest absolute Gasteiger partial charge is 0.191 e. The van der Waals surface area contributed by atoms with Gasteiger partial charge in [-0.05, 0) is 70.7 Å². The highest BCUT2D eigenvalue weighted by Crippen LogP contribution is 2.28. The Labute approximate surface area is 177 Å². The molecule has 1 aromatic carbocycles. The molecule has 0 spiro atoms. The summed E-state index contributed by atoms with van der Waals surface area (Å²) in [6, 6.07) is 6.69. The fourth-order valence-corrected chi connectivity index (χ4v) is 3.68. The van der Waals surface area contributed by atoms with Gasteiger partial charge < -0.3 is 25.0 Å². The van der Waals surface area contributed by atoms with Gasteiger partial charge >= 0.3 is 0 Å². The Morgan fingerprint density at radius 2 is 1.79 bits per heavy atom. The molecule has 1 fully saturated rings. The Hall–Kier alpha value is -1.95. The van der Waals surface area contributed by atoms with E-state index in [9.17, 15) is 0 Å². The van der Waals surface area contributed by atoms with E-state index in [0.29, 0.717) is 19.3 Å². The van der Waals surface area contributed by atoms with Gasteiger partial charge in [0.1, 0.15) is 0 Å². The van der Waals surface area contributed by atoms with E-state index < -0.39 is 0 Å². The summed E-state index contributed by atoms with van der Waals surface area (Å²) >= 11 is 0. The lowest BCUT2D eigenvalue weighted by atomic mass is 10.1. The minimum Gasteiger partial charge on any atom is -0.490 e. The minimum atomic E-state index is 0.510. The van der Waals surface area contributed by atoms with Crippen molar-refractivity contribution in [2.45, 2.75) is 59.4 Å². The standard InChI is InChI=1S/C23H40N4O2/c1-5-15-27-16-12-20(13-17-27)26-23(24-6-2)25-14-11-19-9-10-21(28-7-3)22(18-19)29-8-4/h9-10,18,20H,5-8,11-17H2,1-4H3,(H2,24,25,26). The van der Waals surface area contributed by atoms with Gasteiger partial charge in [-0.25, -0.2) is 0 Å². The number of rotatable bonds is 11.